The maximum atomic E-state index is 10.3. The van der Waals surface area contributed by atoms with E-state index in [1.54, 1.807) is 0 Å². The Labute approximate surface area is 100 Å². The molecule has 0 saturated carbocycles. The first-order chi connectivity index (χ1) is 7.50. The van der Waals surface area contributed by atoms with Crippen LogP contribution in [0.5, 0.6) is 0 Å². The van der Waals surface area contributed by atoms with E-state index in [4.69, 9.17) is 5.73 Å². The first-order valence-electron chi connectivity index (χ1n) is 6.71. The van der Waals surface area contributed by atoms with Gasteiger partial charge in [0.25, 0.3) is 0 Å². The highest BCUT2D eigenvalue weighted by Crippen LogP contribution is 2.23. The highest BCUT2D eigenvalue weighted by molar-refractivity contribution is 4.84. The van der Waals surface area contributed by atoms with Crippen LogP contribution in [0.15, 0.2) is 0 Å². The molecule has 3 nitrogen and oxygen atoms in total. The molecule has 0 aromatic heterocycles. The molecule has 1 unspecified atom stereocenters. The summed E-state index contributed by atoms with van der Waals surface area (Å²) in [6.45, 7) is 9.25. The van der Waals surface area contributed by atoms with Gasteiger partial charge in [-0.05, 0) is 51.6 Å². The summed E-state index contributed by atoms with van der Waals surface area (Å²) in [7, 11) is 0. The molecule has 96 valence electrons. The van der Waals surface area contributed by atoms with Crippen molar-refractivity contribution >= 4 is 0 Å². The summed E-state index contributed by atoms with van der Waals surface area (Å²) in [5.74, 6) is 0.674. The summed E-state index contributed by atoms with van der Waals surface area (Å²) >= 11 is 0. The predicted molar refractivity (Wildman–Crippen MR) is 68.3 cm³/mol. The molecule has 3 N–H and O–H groups in total. The molecule has 0 bridgehead atoms. The number of β-amino-alcohol motifs (C(OH)–C–C–N with tert-alkyl or cyclic N) is 1. The van der Waals surface area contributed by atoms with E-state index in [2.05, 4.69) is 25.7 Å². The zero-order valence-electron chi connectivity index (χ0n) is 11.1. The van der Waals surface area contributed by atoms with E-state index in [1.807, 2.05) is 0 Å². The van der Waals surface area contributed by atoms with Crippen molar-refractivity contribution in [1.82, 2.24) is 4.90 Å². The summed E-state index contributed by atoms with van der Waals surface area (Å²) < 4.78 is 0. The van der Waals surface area contributed by atoms with Crippen LogP contribution < -0.4 is 5.73 Å². The molecule has 16 heavy (non-hydrogen) atoms. The standard InChI is InChI=1S/C13H28N2O/c1-4-13(16,5-2)10-15-8-6-12(7-9-15)11(3)14/h11-12,16H,4-10,14H2,1-3H3. The molecule has 0 aliphatic carbocycles. The third-order valence-electron chi connectivity index (χ3n) is 4.21. The van der Waals surface area contributed by atoms with Crippen molar-refractivity contribution < 1.29 is 5.11 Å². The highest BCUT2D eigenvalue weighted by atomic mass is 16.3. The van der Waals surface area contributed by atoms with Crippen molar-refractivity contribution in [1.29, 1.82) is 0 Å². The van der Waals surface area contributed by atoms with Crippen LogP contribution >= 0.6 is 0 Å². The summed E-state index contributed by atoms with van der Waals surface area (Å²) in [4.78, 5) is 2.39. The summed E-state index contributed by atoms with van der Waals surface area (Å²) in [5, 5.41) is 10.3. The Morgan fingerprint density at radius 3 is 2.19 bits per heavy atom. The van der Waals surface area contributed by atoms with Gasteiger partial charge in [-0.1, -0.05) is 13.8 Å². The Hall–Kier alpha value is -0.120. The molecule has 0 aromatic carbocycles. The second kappa shape index (κ2) is 5.99. The number of hydrogen-bond acceptors (Lipinski definition) is 3. The number of nitrogens with two attached hydrogens (primary N) is 1. The zero-order chi connectivity index (χ0) is 12.2. The van der Waals surface area contributed by atoms with Crippen LogP contribution in [-0.4, -0.2) is 41.3 Å². The molecule has 1 atom stereocenters. The van der Waals surface area contributed by atoms with Gasteiger partial charge in [-0.3, -0.25) is 0 Å². The van der Waals surface area contributed by atoms with Crippen molar-refractivity contribution in [2.75, 3.05) is 19.6 Å². The minimum absolute atomic E-state index is 0.318. The first-order valence-corrected chi connectivity index (χ1v) is 6.71. The zero-order valence-corrected chi connectivity index (χ0v) is 11.1. The van der Waals surface area contributed by atoms with Crippen LogP contribution in [0, 0.1) is 5.92 Å². The second-order valence-electron chi connectivity index (χ2n) is 5.40. The highest BCUT2D eigenvalue weighted by Gasteiger charge is 2.28. The molecule has 1 aliphatic heterocycles. The summed E-state index contributed by atoms with van der Waals surface area (Å²) in [6.07, 6.45) is 4.05. The fourth-order valence-electron chi connectivity index (χ4n) is 2.53. The van der Waals surface area contributed by atoms with Gasteiger partial charge >= 0.3 is 0 Å². The maximum absolute atomic E-state index is 10.3. The molecular weight excluding hydrogens is 200 g/mol. The van der Waals surface area contributed by atoms with Gasteiger partial charge in [0.1, 0.15) is 0 Å². The van der Waals surface area contributed by atoms with Crippen molar-refractivity contribution in [3.63, 3.8) is 0 Å². The largest absolute Gasteiger partial charge is 0.389 e. The van der Waals surface area contributed by atoms with Crippen molar-refractivity contribution in [3.8, 4) is 0 Å². The van der Waals surface area contributed by atoms with Crippen molar-refractivity contribution in [3.05, 3.63) is 0 Å². The average molecular weight is 228 g/mol. The van der Waals surface area contributed by atoms with E-state index in [-0.39, 0.29) is 0 Å². The van der Waals surface area contributed by atoms with Gasteiger partial charge in [-0.25, -0.2) is 0 Å². The summed E-state index contributed by atoms with van der Waals surface area (Å²) in [5.41, 5.74) is 5.44. The monoisotopic (exact) mass is 228 g/mol. The van der Waals surface area contributed by atoms with E-state index < -0.39 is 5.60 Å². The van der Waals surface area contributed by atoms with Crippen LogP contribution in [-0.2, 0) is 0 Å². The van der Waals surface area contributed by atoms with Crippen molar-refractivity contribution in [2.45, 2.75) is 58.1 Å². The van der Waals surface area contributed by atoms with Crippen LogP contribution in [0.2, 0.25) is 0 Å². The average Bonchev–Trinajstić information content (AvgIpc) is 2.29. The number of piperidine rings is 1. The summed E-state index contributed by atoms with van der Waals surface area (Å²) in [6, 6.07) is 0.318. The first kappa shape index (κ1) is 13.9. The van der Waals surface area contributed by atoms with Crippen molar-refractivity contribution in [2.24, 2.45) is 11.7 Å². The molecule has 1 heterocycles. The lowest BCUT2D eigenvalue weighted by molar-refractivity contribution is -0.0122. The van der Waals surface area contributed by atoms with E-state index in [9.17, 15) is 5.11 Å². The van der Waals surface area contributed by atoms with E-state index in [0.717, 1.165) is 32.5 Å². The Balaban J connectivity index is 2.37. The predicted octanol–water partition coefficient (Wildman–Crippen LogP) is 1.60. The third kappa shape index (κ3) is 3.72. The second-order valence-corrected chi connectivity index (χ2v) is 5.40. The smallest absolute Gasteiger partial charge is 0.0768 e. The van der Waals surface area contributed by atoms with Gasteiger partial charge in [-0.15, -0.1) is 0 Å². The topological polar surface area (TPSA) is 49.5 Å². The minimum atomic E-state index is -0.485. The molecule has 1 rings (SSSR count). The number of likely N-dealkylation sites (tertiary alicyclic amines) is 1. The molecule has 1 aliphatic rings. The van der Waals surface area contributed by atoms with Gasteiger partial charge in [0.2, 0.25) is 0 Å². The van der Waals surface area contributed by atoms with Gasteiger partial charge in [0.15, 0.2) is 0 Å². The van der Waals surface area contributed by atoms with Crippen LogP contribution in [0.4, 0.5) is 0 Å². The van der Waals surface area contributed by atoms with Crippen LogP contribution in [0.3, 0.4) is 0 Å². The van der Waals surface area contributed by atoms with Crippen LogP contribution in [0.25, 0.3) is 0 Å². The van der Waals surface area contributed by atoms with Gasteiger partial charge < -0.3 is 15.7 Å². The normalized spacial score (nSPS) is 22.3. The molecule has 0 radical (unpaired) electrons. The number of aliphatic hydroxyl groups is 1. The molecule has 1 fully saturated rings. The molecular formula is C13H28N2O. The fraction of sp³-hybridized carbons (Fsp3) is 1.00. The lowest BCUT2D eigenvalue weighted by Gasteiger charge is -2.38. The number of rotatable bonds is 5. The van der Waals surface area contributed by atoms with Gasteiger partial charge in [-0.2, -0.15) is 0 Å². The van der Waals surface area contributed by atoms with Gasteiger partial charge in [0, 0.05) is 12.6 Å². The van der Waals surface area contributed by atoms with E-state index in [1.165, 1.54) is 12.8 Å². The maximum Gasteiger partial charge on any atom is 0.0768 e. The molecule has 0 spiro atoms. The molecule has 1 saturated heterocycles. The van der Waals surface area contributed by atoms with E-state index >= 15 is 0 Å². The molecule has 0 amide bonds. The quantitative estimate of drug-likeness (QED) is 0.751. The Morgan fingerprint density at radius 2 is 1.81 bits per heavy atom. The Morgan fingerprint density at radius 1 is 1.31 bits per heavy atom. The lowest BCUT2D eigenvalue weighted by atomic mass is 9.89. The molecule has 0 aromatic rings. The molecule has 3 heteroatoms. The van der Waals surface area contributed by atoms with E-state index in [0.29, 0.717) is 12.0 Å². The number of nitrogens with zero attached hydrogens (tertiary/aromatic N) is 1. The number of hydrogen-bond donors (Lipinski definition) is 2. The lowest BCUT2D eigenvalue weighted by Crippen LogP contribution is -2.47. The Kier molecular flexibility index (Phi) is 5.22. The van der Waals surface area contributed by atoms with Crippen LogP contribution in [0.1, 0.15) is 46.5 Å². The minimum Gasteiger partial charge on any atom is -0.389 e. The third-order valence-corrected chi connectivity index (χ3v) is 4.21. The Bertz CT molecular complexity index is 194. The SMILES string of the molecule is CCC(O)(CC)CN1CCC(C(C)N)CC1. The van der Waals surface area contributed by atoms with Gasteiger partial charge in [0.05, 0.1) is 5.60 Å². The fourth-order valence-corrected chi connectivity index (χ4v) is 2.53.